The molecule has 0 radical (unpaired) electrons. The smallest absolute Gasteiger partial charge is 0.300 e. The Labute approximate surface area is 132 Å². The molecule has 0 aliphatic rings. The van der Waals surface area contributed by atoms with Gasteiger partial charge in [-0.05, 0) is 18.2 Å². The van der Waals surface area contributed by atoms with Gasteiger partial charge in [-0.1, -0.05) is 23.2 Å². The Bertz CT molecular complexity index is 819. The Morgan fingerprint density at radius 3 is 2.52 bits per heavy atom. The first-order chi connectivity index (χ1) is 9.70. The van der Waals surface area contributed by atoms with Crippen LogP contribution in [0.2, 0.25) is 9.36 Å². The monoisotopic (exact) mass is 368 g/mol. The average Bonchev–Trinajstić information content (AvgIpc) is 2.77. The van der Waals surface area contributed by atoms with Crippen LogP contribution in [0, 0.1) is 10.1 Å². The zero-order valence-electron chi connectivity index (χ0n) is 9.91. The van der Waals surface area contributed by atoms with Crippen molar-refractivity contribution in [2.24, 2.45) is 0 Å². The number of thiophene rings is 1. The second-order valence-electron chi connectivity index (χ2n) is 3.75. The highest BCUT2D eigenvalue weighted by molar-refractivity contribution is 7.94. The molecule has 2 N–H and O–H groups in total. The summed E-state index contributed by atoms with van der Waals surface area (Å²) >= 11 is 11.9. The van der Waals surface area contributed by atoms with Crippen LogP contribution in [0.25, 0.3) is 0 Å². The Morgan fingerprint density at radius 2 is 1.95 bits per heavy atom. The molecule has 0 saturated carbocycles. The van der Waals surface area contributed by atoms with Gasteiger partial charge in [-0.25, -0.2) is 8.42 Å². The molecule has 0 fully saturated rings. The first kappa shape index (κ1) is 15.8. The number of nitro groups is 1. The van der Waals surface area contributed by atoms with Gasteiger partial charge in [-0.2, -0.15) is 0 Å². The summed E-state index contributed by atoms with van der Waals surface area (Å²) < 4.78 is 25.7. The van der Waals surface area contributed by atoms with Crippen molar-refractivity contribution in [1.29, 1.82) is 0 Å². The van der Waals surface area contributed by atoms with E-state index in [2.05, 4.69) is 4.72 Å². The Balaban J connectivity index is 2.41. The summed E-state index contributed by atoms with van der Waals surface area (Å²) in [6, 6.07) is 4.64. The van der Waals surface area contributed by atoms with Crippen LogP contribution in [0.15, 0.2) is 28.5 Å². The van der Waals surface area contributed by atoms with Crippen molar-refractivity contribution in [1.82, 2.24) is 0 Å². The van der Waals surface area contributed by atoms with Gasteiger partial charge in [0.15, 0.2) is 4.34 Å². The fraction of sp³-hybridized carbons (Fsp3) is 0. The predicted molar refractivity (Wildman–Crippen MR) is 79.9 cm³/mol. The van der Waals surface area contributed by atoms with Crippen LogP contribution < -0.4 is 4.72 Å². The molecule has 0 unspecified atom stereocenters. The number of nitrogens with zero attached hydrogens (tertiary/aromatic N) is 1. The minimum Gasteiger partial charge on any atom is -0.506 e. The van der Waals surface area contributed by atoms with Crippen LogP contribution in [0.1, 0.15) is 0 Å². The number of hydrogen-bond acceptors (Lipinski definition) is 6. The van der Waals surface area contributed by atoms with Crippen molar-refractivity contribution >= 4 is 55.9 Å². The van der Waals surface area contributed by atoms with Crippen LogP contribution in [0.5, 0.6) is 5.75 Å². The lowest BCUT2D eigenvalue weighted by Crippen LogP contribution is -2.11. The summed E-state index contributed by atoms with van der Waals surface area (Å²) in [6.45, 7) is 0. The molecule has 1 aromatic carbocycles. The number of nitrogens with one attached hydrogen (secondary N) is 1. The second kappa shape index (κ2) is 5.68. The van der Waals surface area contributed by atoms with E-state index in [1.54, 1.807) is 0 Å². The Kier molecular flexibility index (Phi) is 4.28. The molecule has 0 aliphatic carbocycles. The van der Waals surface area contributed by atoms with Gasteiger partial charge in [-0.15, -0.1) is 11.3 Å². The van der Waals surface area contributed by atoms with Gasteiger partial charge in [-0.3, -0.25) is 14.8 Å². The molecule has 1 heterocycles. The SMILES string of the molecule is O=[N+]([O-])c1cc(S(=O)(=O)Nc2cc(Cl)ccc2O)sc1Cl. The van der Waals surface area contributed by atoms with Crippen molar-refractivity contribution in [3.8, 4) is 5.75 Å². The van der Waals surface area contributed by atoms with Gasteiger partial charge in [0, 0.05) is 11.1 Å². The summed E-state index contributed by atoms with van der Waals surface area (Å²) in [6.07, 6.45) is 0. The maximum absolute atomic E-state index is 12.1. The van der Waals surface area contributed by atoms with Gasteiger partial charge in [0.05, 0.1) is 10.6 Å². The van der Waals surface area contributed by atoms with E-state index in [1.165, 1.54) is 18.2 Å². The standard InChI is InChI=1S/C10H6Cl2N2O5S2/c11-5-1-2-8(15)6(3-5)13-21(18,19)9-4-7(14(16)17)10(12)20-9/h1-4,13,15H. The van der Waals surface area contributed by atoms with E-state index in [0.717, 1.165) is 6.07 Å². The fourth-order valence-corrected chi connectivity index (χ4v) is 4.28. The van der Waals surface area contributed by atoms with Crippen LogP contribution in [0.3, 0.4) is 0 Å². The topological polar surface area (TPSA) is 110 Å². The van der Waals surface area contributed by atoms with Crippen molar-refractivity contribution in [2.75, 3.05) is 4.72 Å². The molecule has 1 aromatic heterocycles. The van der Waals surface area contributed by atoms with Crippen molar-refractivity contribution < 1.29 is 18.4 Å². The molecule has 2 aromatic rings. The van der Waals surface area contributed by atoms with E-state index in [4.69, 9.17) is 23.2 Å². The highest BCUT2D eigenvalue weighted by Crippen LogP contribution is 2.37. The molecule has 11 heteroatoms. The molecule has 0 saturated heterocycles. The lowest BCUT2D eigenvalue weighted by atomic mass is 10.3. The Morgan fingerprint density at radius 1 is 1.29 bits per heavy atom. The summed E-state index contributed by atoms with van der Waals surface area (Å²) in [5.74, 6) is -0.333. The molecule has 0 spiro atoms. The third-order valence-electron chi connectivity index (χ3n) is 2.31. The van der Waals surface area contributed by atoms with Gasteiger partial charge >= 0.3 is 0 Å². The number of phenolic OH excluding ortho intramolecular Hbond substituents is 1. The molecule has 112 valence electrons. The van der Waals surface area contributed by atoms with Gasteiger partial charge < -0.3 is 5.11 Å². The molecule has 0 aliphatic heterocycles. The molecular weight excluding hydrogens is 363 g/mol. The largest absolute Gasteiger partial charge is 0.506 e. The molecule has 7 nitrogen and oxygen atoms in total. The molecule has 0 amide bonds. The maximum Gasteiger partial charge on any atom is 0.300 e. The van der Waals surface area contributed by atoms with E-state index in [0.29, 0.717) is 11.3 Å². The predicted octanol–water partition coefficient (Wildman–Crippen LogP) is 3.47. The molecule has 0 atom stereocenters. The summed E-state index contributed by atoms with van der Waals surface area (Å²) in [5.41, 5.74) is -0.646. The lowest BCUT2D eigenvalue weighted by molar-refractivity contribution is -0.384. The van der Waals surface area contributed by atoms with Crippen LogP contribution >= 0.6 is 34.5 Å². The zero-order valence-corrected chi connectivity index (χ0v) is 13.1. The van der Waals surface area contributed by atoms with E-state index < -0.39 is 20.6 Å². The highest BCUT2D eigenvalue weighted by atomic mass is 35.5. The fourth-order valence-electron chi connectivity index (χ4n) is 1.38. The van der Waals surface area contributed by atoms with Crippen LogP contribution in [-0.2, 0) is 10.0 Å². The number of benzene rings is 1. The van der Waals surface area contributed by atoms with Gasteiger partial charge in [0.1, 0.15) is 9.96 Å². The first-order valence-corrected chi connectivity index (χ1v) is 8.21. The normalized spacial score (nSPS) is 11.3. The Hall–Kier alpha value is -1.55. The van der Waals surface area contributed by atoms with Crippen molar-refractivity contribution in [3.05, 3.63) is 43.7 Å². The molecular formula is C10H6Cl2N2O5S2. The minimum atomic E-state index is -4.13. The van der Waals surface area contributed by atoms with Crippen LogP contribution in [0.4, 0.5) is 11.4 Å². The maximum atomic E-state index is 12.1. The number of anilines is 1. The van der Waals surface area contributed by atoms with Crippen LogP contribution in [-0.4, -0.2) is 18.4 Å². The third kappa shape index (κ3) is 3.38. The number of aromatic hydroxyl groups is 1. The number of halogens is 2. The number of rotatable bonds is 4. The summed E-state index contributed by atoms with van der Waals surface area (Å²) in [4.78, 5) is 9.89. The molecule has 21 heavy (non-hydrogen) atoms. The van der Waals surface area contributed by atoms with Crippen molar-refractivity contribution in [2.45, 2.75) is 4.21 Å². The summed E-state index contributed by atoms with van der Waals surface area (Å²) in [5, 5.41) is 20.5. The quantitative estimate of drug-likeness (QED) is 0.487. The lowest BCUT2D eigenvalue weighted by Gasteiger charge is -2.08. The molecule has 2 rings (SSSR count). The van der Waals surface area contributed by atoms with E-state index >= 15 is 0 Å². The van der Waals surface area contributed by atoms with Crippen molar-refractivity contribution in [3.63, 3.8) is 0 Å². The van der Waals surface area contributed by atoms with E-state index in [-0.39, 0.29) is 25.0 Å². The third-order valence-corrected chi connectivity index (χ3v) is 5.72. The highest BCUT2D eigenvalue weighted by Gasteiger charge is 2.26. The van der Waals surface area contributed by atoms with E-state index in [9.17, 15) is 23.6 Å². The first-order valence-electron chi connectivity index (χ1n) is 5.16. The second-order valence-corrected chi connectivity index (χ2v) is 7.75. The van der Waals surface area contributed by atoms with E-state index in [1.807, 2.05) is 0 Å². The van der Waals surface area contributed by atoms with Gasteiger partial charge in [0.25, 0.3) is 15.7 Å². The number of phenols is 1. The number of sulfonamides is 1. The average molecular weight is 369 g/mol. The zero-order chi connectivity index (χ0) is 15.8. The summed E-state index contributed by atoms with van der Waals surface area (Å²) in [7, 11) is -4.13. The minimum absolute atomic E-state index is 0.144. The number of hydrogen-bond donors (Lipinski definition) is 2. The molecule has 0 bridgehead atoms. The van der Waals surface area contributed by atoms with Gasteiger partial charge in [0.2, 0.25) is 0 Å².